The molecule has 1 aromatic carbocycles. The van der Waals surface area contributed by atoms with Crippen LogP contribution in [0.4, 0.5) is 0 Å². The zero-order valence-corrected chi connectivity index (χ0v) is 17.9. The van der Waals surface area contributed by atoms with E-state index in [0.717, 1.165) is 5.56 Å². The van der Waals surface area contributed by atoms with Gasteiger partial charge in [-0.3, -0.25) is 9.59 Å². The van der Waals surface area contributed by atoms with Crippen LogP contribution in [0.15, 0.2) is 41.1 Å². The van der Waals surface area contributed by atoms with Gasteiger partial charge in [-0.15, -0.1) is 0 Å². The lowest BCUT2D eigenvalue weighted by molar-refractivity contribution is -0.133. The van der Waals surface area contributed by atoms with E-state index in [2.05, 4.69) is 26.1 Å². The summed E-state index contributed by atoms with van der Waals surface area (Å²) in [6.07, 6.45) is 0. The maximum absolute atomic E-state index is 12.9. The number of carbonyl (C=O) groups excluding carboxylic acids is 2. The second-order valence-electron chi connectivity index (χ2n) is 8.35. The van der Waals surface area contributed by atoms with Gasteiger partial charge >= 0.3 is 0 Å². The number of hydrogen-bond donors (Lipinski definition) is 1. The highest BCUT2D eigenvalue weighted by atomic mass is 32.1. The molecule has 1 aromatic heterocycles. The molecule has 2 amide bonds. The van der Waals surface area contributed by atoms with Crippen LogP contribution in [0.1, 0.15) is 56.1 Å². The van der Waals surface area contributed by atoms with Gasteiger partial charge in [-0.2, -0.15) is 11.3 Å². The number of rotatable bonds is 6. The first kappa shape index (κ1) is 21.2. The lowest BCUT2D eigenvalue weighted by Crippen LogP contribution is -2.50. The van der Waals surface area contributed by atoms with Gasteiger partial charge in [-0.1, -0.05) is 46.8 Å². The SMILES string of the molecule is CC(C)C(NC(=O)c1ccc(C(C)(C)C)cc1)C(=O)N(C)Cc1ccsc1. The second-order valence-corrected chi connectivity index (χ2v) is 9.13. The fourth-order valence-electron chi connectivity index (χ4n) is 2.83. The summed E-state index contributed by atoms with van der Waals surface area (Å²) < 4.78 is 0. The molecule has 0 saturated carbocycles. The third-order valence-corrected chi connectivity index (χ3v) is 5.34. The van der Waals surface area contributed by atoms with Crippen LogP contribution >= 0.6 is 11.3 Å². The molecule has 5 heteroatoms. The van der Waals surface area contributed by atoms with Crippen molar-refractivity contribution >= 4 is 23.2 Å². The summed E-state index contributed by atoms with van der Waals surface area (Å²) >= 11 is 1.61. The first-order chi connectivity index (χ1) is 12.6. The van der Waals surface area contributed by atoms with Crippen LogP contribution < -0.4 is 5.32 Å². The van der Waals surface area contributed by atoms with Crippen LogP contribution in [0.5, 0.6) is 0 Å². The van der Waals surface area contributed by atoms with Crippen LogP contribution in [0, 0.1) is 5.92 Å². The number of likely N-dealkylation sites (N-methyl/N-ethyl adjacent to an activating group) is 1. The van der Waals surface area contributed by atoms with E-state index in [4.69, 9.17) is 0 Å². The van der Waals surface area contributed by atoms with Crippen molar-refractivity contribution < 1.29 is 9.59 Å². The molecule has 2 rings (SSSR count). The summed E-state index contributed by atoms with van der Waals surface area (Å²) in [6, 6.07) is 9.06. The van der Waals surface area contributed by atoms with Crippen molar-refractivity contribution in [2.45, 2.75) is 52.6 Å². The van der Waals surface area contributed by atoms with Crippen molar-refractivity contribution in [3.63, 3.8) is 0 Å². The highest BCUT2D eigenvalue weighted by molar-refractivity contribution is 7.07. The van der Waals surface area contributed by atoms with Gasteiger partial charge in [0.15, 0.2) is 0 Å². The van der Waals surface area contributed by atoms with Gasteiger partial charge < -0.3 is 10.2 Å². The molecule has 146 valence electrons. The fraction of sp³-hybridized carbons (Fsp3) is 0.455. The minimum atomic E-state index is -0.552. The Morgan fingerprint density at radius 3 is 2.22 bits per heavy atom. The van der Waals surface area contributed by atoms with Gasteiger partial charge in [0, 0.05) is 19.2 Å². The Kier molecular flexibility index (Phi) is 6.82. The molecule has 4 nitrogen and oxygen atoms in total. The molecule has 0 bridgehead atoms. The second kappa shape index (κ2) is 8.70. The van der Waals surface area contributed by atoms with E-state index in [1.165, 1.54) is 5.56 Å². The molecule has 0 aliphatic heterocycles. The highest BCUT2D eigenvalue weighted by Gasteiger charge is 2.27. The maximum Gasteiger partial charge on any atom is 0.251 e. The zero-order valence-electron chi connectivity index (χ0n) is 17.1. The van der Waals surface area contributed by atoms with Crippen LogP contribution in [-0.4, -0.2) is 29.8 Å². The predicted octanol–water partition coefficient (Wildman–Crippen LogP) is 4.46. The Bertz CT molecular complexity index is 759. The third kappa shape index (κ3) is 5.67. The average molecular weight is 387 g/mol. The van der Waals surface area contributed by atoms with Crippen LogP contribution in [-0.2, 0) is 16.8 Å². The van der Waals surface area contributed by atoms with E-state index in [0.29, 0.717) is 12.1 Å². The fourth-order valence-corrected chi connectivity index (χ4v) is 3.49. The summed E-state index contributed by atoms with van der Waals surface area (Å²) in [5, 5.41) is 6.95. The molecule has 1 N–H and O–H groups in total. The minimum absolute atomic E-state index is 0.000207. The van der Waals surface area contributed by atoms with Crippen molar-refractivity contribution in [2.75, 3.05) is 7.05 Å². The van der Waals surface area contributed by atoms with Crippen molar-refractivity contribution in [2.24, 2.45) is 5.92 Å². The predicted molar refractivity (Wildman–Crippen MR) is 112 cm³/mol. The average Bonchev–Trinajstić information content (AvgIpc) is 3.10. The number of benzene rings is 1. The van der Waals surface area contributed by atoms with E-state index in [9.17, 15) is 9.59 Å². The normalized spacial score (nSPS) is 12.7. The van der Waals surface area contributed by atoms with Crippen LogP contribution in [0.3, 0.4) is 0 Å². The van der Waals surface area contributed by atoms with Gasteiger partial charge in [0.25, 0.3) is 5.91 Å². The molecule has 1 unspecified atom stereocenters. The van der Waals surface area contributed by atoms with E-state index in [1.54, 1.807) is 23.3 Å². The molecule has 2 aromatic rings. The van der Waals surface area contributed by atoms with Crippen molar-refractivity contribution in [1.29, 1.82) is 0 Å². The lowest BCUT2D eigenvalue weighted by Gasteiger charge is -2.27. The number of nitrogens with zero attached hydrogens (tertiary/aromatic N) is 1. The van der Waals surface area contributed by atoms with Gasteiger partial charge in [0.1, 0.15) is 6.04 Å². The summed E-state index contributed by atoms with van der Waals surface area (Å²) in [6.45, 7) is 10.9. The number of amides is 2. The Balaban J connectivity index is 2.08. The lowest BCUT2D eigenvalue weighted by atomic mass is 9.86. The van der Waals surface area contributed by atoms with E-state index < -0.39 is 6.04 Å². The number of hydrogen-bond acceptors (Lipinski definition) is 3. The number of nitrogens with one attached hydrogen (secondary N) is 1. The molecule has 1 heterocycles. The molecule has 0 spiro atoms. The number of carbonyl (C=O) groups is 2. The molecule has 1 atom stereocenters. The molecule has 0 saturated heterocycles. The molecular weight excluding hydrogens is 356 g/mol. The summed E-state index contributed by atoms with van der Waals surface area (Å²) in [4.78, 5) is 27.2. The van der Waals surface area contributed by atoms with Crippen LogP contribution in [0.2, 0.25) is 0 Å². The molecular formula is C22H30N2O2S. The van der Waals surface area contributed by atoms with Gasteiger partial charge in [-0.05, 0) is 51.4 Å². The monoisotopic (exact) mass is 386 g/mol. The largest absolute Gasteiger partial charge is 0.340 e. The quantitative estimate of drug-likeness (QED) is 0.797. The first-order valence-corrected chi connectivity index (χ1v) is 10.2. The Hall–Kier alpha value is -2.14. The van der Waals surface area contributed by atoms with Crippen molar-refractivity contribution in [3.05, 3.63) is 57.8 Å². The summed E-state index contributed by atoms with van der Waals surface area (Å²) in [5.74, 6) is -0.289. The van der Waals surface area contributed by atoms with Gasteiger partial charge in [0.2, 0.25) is 5.91 Å². The Labute approximate surface area is 166 Å². The molecule has 0 radical (unpaired) electrons. The van der Waals surface area contributed by atoms with Crippen molar-refractivity contribution in [3.8, 4) is 0 Å². The smallest absolute Gasteiger partial charge is 0.251 e. The molecule has 0 aliphatic rings. The Morgan fingerprint density at radius 2 is 1.74 bits per heavy atom. The van der Waals surface area contributed by atoms with E-state index in [1.807, 2.05) is 54.9 Å². The topological polar surface area (TPSA) is 49.4 Å². The van der Waals surface area contributed by atoms with Crippen LogP contribution in [0.25, 0.3) is 0 Å². The summed E-state index contributed by atoms with van der Waals surface area (Å²) in [7, 11) is 1.78. The van der Waals surface area contributed by atoms with Gasteiger partial charge in [0.05, 0.1) is 0 Å². The van der Waals surface area contributed by atoms with Crippen molar-refractivity contribution in [1.82, 2.24) is 10.2 Å². The molecule has 0 aliphatic carbocycles. The highest BCUT2D eigenvalue weighted by Crippen LogP contribution is 2.22. The van der Waals surface area contributed by atoms with E-state index in [-0.39, 0.29) is 23.1 Å². The molecule has 27 heavy (non-hydrogen) atoms. The zero-order chi connectivity index (χ0) is 20.2. The molecule has 0 fully saturated rings. The first-order valence-electron chi connectivity index (χ1n) is 9.27. The standard InChI is InChI=1S/C22H30N2O2S/c1-15(2)19(21(26)24(6)13-16-11-12-27-14-16)23-20(25)17-7-9-18(10-8-17)22(3,4)5/h7-12,14-15,19H,13H2,1-6H3,(H,23,25). The maximum atomic E-state index is 12.9. The number of thiophene rings is 1. The third-order valence-electron chi connectivity index (χ3n) is 4.61. The minimum Gasteiger partial charge on any atom is -0.340 e. The van der Waals surface area contributed by atoms with Gasteiger partial charge in [-0.25, -0.2) is 0 Å². The summed E-state index contributed by atoms with van der Waals surface area (Å²) in [5.41, 5.74) is 2.88. The Morgan fingerprint density at radius 1 is 1.11 bits per heavy atom. The van der Waals surface area contributed by atoms with E-state index >= 15 is 0 Å².